The molecule has 616 valence electrons. The predicted octanol–water partition coefficient (Wildman–Crippen LogP) is 12.2. The molecule has 7 N–H and O–H groups in total. The number of benzene rings is 3. The number of amides is 4. The van der Waals surface area contributed by atoms with Crippen molar-refractivity contribution in [3.05, 3.63) is 196 Å². The van der Waals surface area contributed by atoms with Gasteiger partial charge < -0.3 is 79.8 Å². The molecule has 9 aromatic heterocycles. The van der Waals surface area contributed by atoms with Gasteiger partial charge in [-0.25, -0.2) is 58.0 Å². The first kappa shape index (κ1) is 83.2. The molecule has 0 radical (unpaired) electrons. The van der Waals surface area contributed by atoms with Crippen molar-refractivity contribution in [2.75, 3.05) is 149 Å². The van der Waals surface area contributed by atoms with Crippen molar-refractivity contribution >= 4 is 91.2 Å². The lowest BCUT2D eigenvalue weighted by Crippen LogP contribution is -2.47. The summed E-state index contributed by atoms with van der Waals surface area (Å²) in [6, 6.07) is 25.8. The molecule has 3 aliphatic rings. The second-order valence-electron chi connectivity index (χ2n) is 29.1. The summed E-state index contributed by atoms with van der Waals surface area (Å²) < 4.78 is 63.5. The summed E-state index contributed by atoms with van der Waals surface area (Å²) in [5.74, 6) is -1.21. The molecule has 118 heavy (non-hydrogen) atoms. The normalized spacial score (nSPS) is 14.1. The van der Waals surface area contributed by atoms with Gasteiger partial charge >= 0.3 is 0 Å². The number of halogens is 3. The molecule has 12 heterocycles. The maximum absolute atomic E-state index is 15.3. The fourth-order valence-electron chi connectivity index (χ4n) is 13.6. The number of hydrogen-bond donors (Lipinski definition) is 7. The van der Waals surface area contributed by atoms with Crippen LogP contribution in [-0.2, 0) is 13.1 Å². The maximum Gasteiger partial charge on any atom is 0.262 e. The fraction of sp³-hybridized carbons (Fsp3) is 0.345. The van der Waals surface area contributed by atoms with E-state index in [1.54, 1.807) is 74.6 Å². The van der Waals surface area contributed by atoms with Crippen molar-refractivity contribution in [1.82, 2.24) is 104 Å². The first-order valence-electron chi connectivity index (χ1n) is 39.2. The molecule has 0 spiro atoms. The minimum Gasteiger partial charge on any atom is -0.435 e. The number of ether oxygens (including phenoxy) is 3. The Morgan fingerprint density at radius 1 is 0.432 bits per heavy atom. The maximum atomic E-state index is 15.3. The average molecular weight is 1610 g/mol. The van der Waals surface area contributed by atoms with Gasteiger partial charge in [0.15, 0.2) is 52.2 Å². The molecule has 12 aromatic rings. The monoisotopic (exact) mass is 1610 g/mol. The molecule has 15 rings (SSSR count). The van der Waals surface area contributed by atoms with Crippen LogP contribution < -0.4 is 35.5 Å². The number of nitrogens with one attached hydrogen (secondary N) is 7. The molecule has 34 heteroatoms. The molecular weight excluding hydrogens is 1510 g/mol. The molecule has 3 fully saturated rings. The molecule has 0 saturated carbocycles. The topological polar surface area (TPSA) is 333 Å². The van der Waals surface area contributed by atoms with E-state index in [-0.39, 0.29) is 86.8 Å². The smallest absolute Gasteiger partial charge is 0.262 e. The quantitative estimate of drug-likeness (QED) is 0.0295. The lowest BCUT2D eigenvalue weighted by Gasteiger charge is -2.33. The summed E-state index contributed by atoms with van der Waals surface area (Å²) in [4.78, 5) is 117. The molecule has 31 nitrogen and oxygen atoms in total. The van der Waals surface area contributed by atoms with E-state index in [0.29, 0.717) is 88.4 Å². The molecule has 4 amide bonds. The number of aromatic nitrogens is 12. The zero-order valence-electron chi connectivity index (χ0n) is 67.9. The van der Waals surface area contributed by atoms with Gasteiger partial charge in [-0.2, -0.15) is 0 Å². The van der Waals surface area contributed by atoms with E-state index in [1.165, 1.54) is 58.1 Å². The van der Waals surface area contributed by atoms with E-state index in [4.69, 9.17) is 14.2 Å². The van der Waals surface area contributed by atoms with Crippen LogP contribution in [-0.4, -0.2) is 256 Å². The van der Waals surface area contributed by atoms with Gasteiger partial charge in [-0.1, -0.05) is 19.1 Å². The van der Waals surface area contributed by atoms with Crippen LogP contribution in [0.2, 0.25) is 0 Å². The Balaban J connectivity index is 0.000000154. The number of pyridine rings is 3. The van der Waals surface area contributed by atoms with E-state index in [0.717, 1.165) is 113 Å². The summed E-state index contributed by atoms with van der Waals surface area (Å²) in [6.45, 7) is 28.5. The standard InChI is InChI=1S/C29H35FN8O2.C28H31FN8O3.C27H31FN8O2/c1-5-36(4)29(39)25-27(35-24-10-7-20(16-31-24)17-38-13-11-37(6-2)12-14-38)32-18-33-28(25)40-23-9-8-22-21(26(23)30)15-19(3)34-22;1-5-36(4)28(39)23-25(34-22-9-6-18(15-30-22)27(38)37-12-10-35(3)11-13-37)31-16-32-26(23)40-21-8-7-20-19(24(21)29)14-17(2)33-20;1-4-35(3)27(37)23-25(34-22-8-5-18(14-30-22)15-36-11-9-29-10-12-36)31-16-32-26(23)38-21-7-6-20-19(24(21)28)13-17(2)33-20/h7-10,15-16,18,34H,5-6,11-14,17H2,1-4H3,(H,31,32,33,35);6-9,14-16,33H,5,10-13H2,1-4H3,(H,30,31,32,34);5-8,13-14,16,29,33H,4,9-12,15H2,1-3H3,(H,30,31,32,34). The minimum absolute atomic E-state index is 0.0241. The van der Waals surface area contributed by atoms with Crippen LogP contribution in [0.4, 0.5) is 48.1 Å². The second kappa shape index (κ2) is 37.9. The van der Waals surface area contributed by atoms with E-state index >= 15 is 13.2 Å². The van der Waals surface area contributed by atoms with E-state index < -0.39 is 23.4 Å². The van der Waals surface area contributed by atoms with Crippen molar-refractivity contribution in [2.45, 2.75) is 61.6 Å². The Hall–Kier alpha value is -12.8. The van der Waals surface area contributed by atoms with Gasteiger partial charge in [0.25, 0.3) is 23.6 Å². The van der Waals surface area contributed by atoms with E-state index in [9.17, 15) is 19.2 Å². The first-order chi connectivity index (χ1) is 57.0. The highest BCUT2D eigenvalue weighted by Crippen LogP contribution is 2.38. The highest BCUT2D eigenvalue weighted by Gasteiger charge is 2.31. The Bertz CT molecular complexity index is 5540. The highest BCUT2D eigenvalue weighted by molar-refractivity contribution is 6.03. The van der Waals surface area contributed by atoms with Gasteiger partial charge in [0.1, 0.15) is 53.1 Å². The summed E-state index contributed by atoms with van der Waals surface area (Å²) >= 11 is 0. The molecule has 3 saturated heterocycles. The van der Waals surface area contributed by atoms with Gasteiger partial charge in [0.2, 0.25) is 17.6 Å². The molecular formula is C84H97F3N24O7. The largest absolute Gasteiger partial charge is 0.435 e. The van der Waals surface area contributed by atoms with Crippen molar-refractivity contribution in [1.29, 1.82) is 0 Å². The van der Waals surface area contributed by atoms with Gasteiger partial charge in [-0.3, -0.25) is 29.0 Å². The SMILES string of the molecule is CCN(C)C(=O)c1c(Nc2ccc(C(=O)N3CCN(C)CC3)cn2)ncnc1Oc1ccc2[nH]c(C)cc2c1F.CCN(C)C(=O)c1c(Nc2ccc(CN3CCNCC3)cn2)ncnc1Oc1ccc2[nH]c(C)cc2c1F.CCN1CCN(Cc2ccc(Nc3ncnc(Oc4ccc5[nH]c(C)cc5c4F)c3C(=O)N(C)CC)nc2)CC1. The summed E-state index contributed by atoms with van der Waals surface area (Å²) in [7, 11) is 7.00. The third-order valence-electron chi connectivity index (χ3n) is 20.8. The number of anilines is 6. The third-order valence-corrected chi connectivity index (χ3v) is 20.8. The number of nitrogens with zero attached hydrogens (tertiary/aromatic N) is 17. The number of carbonyl (C=O) groups is 4. The molecule has 3 aromatic carbocycles. The minimum atomic E-state index is -0.570. The zero-order chi connectivity index (χ0) is 83.3. The molecule has 0 atom stereocenters. The fourth-order valence-corrected chi connectivity index (χ4v) is 13.6. The Morgan fingerprint density at radius 2 is 0.788 bits per heavy atom. The number of likely N-dealkylation sites (N-methyl/N-ethyl adjacent to an activating group) is 2. The van der Waals surface area contributed by atoms with Gasteiger partial charge in [-0.15, -0.1) is 0 Å². The number of aromatic amines is 3. The van der Waals surface area contributed by atoms with Crippen LogP contribution in [0, 0.1) is 38.2 Å². The number of aryl methyl sites for hydroxylation is 3. The van der Waals surface area contributed by atoms with Crippen molar-refractivity contribution in [3.63, 3.8) is 0 Å². The highest BCUT2D eigenvalue weighted by atomic mass is 19.1. The number of carbonyl (C=O) groups excluding carboxylic acids is 4. The van der Waals surface area contributed by atoms with E-state index in [2.05, 4.69) is 108 Å². The Labute approximate surface area is 680 Å². The molecule has 0 bridgehead atoms. The van der Waals surface area contributed by atoms with E-state index in [1.807, 2.05) is 85.2 Å². The third kappa shape index (κ3) is 19.7. The summed E-state index contributed by atoms with van der Waals surface area (Å²) in [5.41, 5.74) is 7.30. The van der Waals surface area contributed by atoms with Crippen molar-refractivity contribution < 1.29 is 46.6 Å². The molecule has 0 aliphatic carbocycles. The van der Waals surface area contributed by atoms with Crippen LogP contribution in [0.3, 0.4) is 0 Å². The number of fused-ring (bicyclic) bond motifs is 3. The van der Waals surface area contributed by atoms with Crippen LogP contribution in [0.15, 0.2) is 129 Å². The Kier molecular flexibility index (Phi) is 26.7. The van der Waals surface area contributed by atoms with Gasteiger partial charge in [0.05, 0.1) is 5.56 Å². The number of rotatable bonds is 24. The van der Waals surface area contributed by atoms with Gasteiger partial charge in [-0.05, 0) is 145 Å². The number of piperazine rings is 3. The van der Waals surface area contributed by atoms with Crippen molar-refractivity contribution in [2.24, 2.45) is 0 Å². The molecule has 3 aliphatic heterocycles. The Morgan fingerprint density at radius 3 is 1.13 bits per heavy atom. The molecule has 0 unspecified atom stereocenters. The number of H-pyrrole nitrogens is 3. The van der Waals surface area contributed by atoms with Gasteiger partial charge in [0, 0.05) is 201 Å². The van der Waals surface area contributed by atoms with Crippen LogP contribution in [0.1, 0.15) is 97.3 Å². The lowest BCUT2D eigenvalue weighted by atomic mass is 10.2. The number of hydrogen-bond acceptors (Lipinski definition) is 24. The van der Waals surface area contributed by atoms with Crippen LogP contribution in [0.5, 0.6) is 34.9 Å². The van der Waals surface area contributed by atoms with Crippen LogP contribution >= 0.6 is 0 Å². The predicted molar refractivity (Wildman–Crippen MR) is 445 cm³/mol. The van der Waals surface area contributed by atoms with Crippen LogP contribution in [0.25, 0.3) is 32.7 Å². The lowest BCUT2D eigenvalue weighted by molar-refractivity contribution is 0.0662. The zero-order valence-corrected chi connectivity index (χ0v) is 67.9. The first-order valence-corrected chi connectivity index (χ1v) is 39.2. The van der Waals surface area contributed by atoms with Crippen molar-refractivity contribution in [3.8, 4) is 34.9 Å². The second-order valence-corrected chi connectivity index (χ2v) is 29.1. The average Bonchev–Trinajstić information content (AvgIpc) is 1.44. The summed E-state index contributed by atoms with van der Waals surface area (Å²) in [6.07, 6.45) is 8.91. The summed E-state index contributed by atoms with van der Waals surface area (Å²) in [5, 5.41) is 13.8.